The Kier molecular flexibility index (Phi) is 7.02. The molecule has 2 heterocycles. The number of rotatable bonds is 8. The fraction of sp³-hybridized carbons (Fsp3) is 0.296. The van der Waals surface area contributed by atoms with Gasteiger partial charge < -0.3 is 24.4 Å². The summed E-state index contributed by atoms with van der Waals surface area (Å²) >= 11 is 0. The first-order valence-corrected chi connectivity index (χ1v) is 11.5. The van der Waals surface area contributed by atoms with E-state index in [2.05, 4.69) is 0 Å². The molecule has 1 aliphatic rings. The van der Waals surface area contributed by atoms with E-state index in [4.69, 9.17) is 4.74 Å². The number of aromatic hydroxyl groups is 1. The Hall–Kier alpha value is -3.91. The number of nitrogens with zero attached hydrogens (tertiary/aromatic N) is 2. The molecule has 8 heteroatoms. The van der Waals surface area contributed by atoms with Crippen LogP contribution in [0, 0.1) is 0 Å². The zero-order chi connectivity index (χ0) is 25.1. The average molecular weight is 477 g/mol. The number of aromatic carboxylic acids is 1. The Morgan fingerprint density at radius 3 is 2.11 bits per heavy atom. The van der Waals surface area contributed by atoms with E-state index >= 15 is 0 Å². The molecule has 35 heavy (non-hydrogen) atoms. The predicted molar refractivity (Wildman–Crippen MR) is 130 cm³/mol. The first-order chi connectivity index (χ1) is 16.8. The lowest BCUT2D eigenvalue weighted by molar-refractivity contribution is 0.0394. The number of ether oxygens (including phenoxy) is 1. The third-order valence-electron chi connectivity index (χ3n) is 6.21. The highest BCUT2D eigenvalue weighted by molar-refractivity contribution is 5.97. The van der Waals surface area contributed by atoms with Crippen LogP contribution in [-0.4, -0.2) is 57.4 Å². The first kappa shape index (κ1) is 24.2. The molecule has 0 saturated heterocycles. The summed E-state index contributed by atoms with van der Waals surface area (Å²) in [6, 6.07) is 18.9. The zero-order valence-corrected chi connectivity index (χ0v) is 19.6. The van der Waals surface area contributed by atoms with Crippen LogP contribution in [-0.2, 0) is 4.74 Å². The number of aromatic nitrogens is 1. The van der Waals surface area contributed by atoms with Gasteiger partial charge in [-0.2, -0.15) is 0 Å². The minimum atomic E-state index is -1.46. The Morgan fingerprint density at radius 2 is 1.60 bits per heavy atom. The molecule has 0 spiro atoms. The number of fused-ring (bicyclic) bond motifs is 1. The lowest BCUT2D eigenvalue weighted by Crippen LogP contribution is -2.47. The van der Waals surface area contributed by atoms with Gasteiger partial charge in [-0.25, -0.2) is 4.79 Å². The lowest BCUT2D eigenvalue weighted by Gasteiger charge is -2.40. The van der Waals surface area contributed by atoms with Gasteiger partial charge in [0.25, 0.3) is 5.91 Å². The van der Waals surface area contributed by atoms with E-state index < -0.39 is 34.7 Å². The van der Waals surface area contributed by atoms with E-state index in [1.54, 1.807) is 4.90 Å². The quantitative estimate of drug-likeness (QED) is 0.515. The number of amides is 1. The third-order valence-corrected chi connectivity index (χ3v) is 6.21. The van der Waals surface area contributed by atoms with E-state index in [9.17, 15) is 24.6 Å². The zero-order valence-electron chi connectivity index (χ0n) is 19.6. The van der Waals surface area contributed by atoms with Crippen molar-refractivity contribution in [2.45, 2.75) is 31.9 Å². The summed E-state index contributed by atoms with van der Waals surface area (Å²) in [6.07, 6.45) is 1.16. The predicted octanol–water partition coefficient (Wildman–Crippen LogP) is 3.51. The Balaban J connectivity index is 1.91. The topological polar surface area (TPSA) is 109 Å². The fourth-order valence-corrected chi connectivity index (χ4v) is 4.61. The molecule has 4 rings (SSSR count). The first-order valence-electron chi connectivity index (χ1n) is 11.5. The molecule has 182 valence electrons. The van der Waals surface area contributed by atoms with Crippen molar-refractivity contribution in [3.05, 3.63) is 99.5 Å². The standard InChI is InChI=1S/C27H28N2O6/c1-17(2)35-14-13-28-16-21(22(18-9-5-3-6-10-18)19-11-7-4-8-12-19)29-15-20(27(33)34)24(30)25(31)23(29)26(28)32/h3-12,15,17,21-22,31H,13-14,16H2,1-2H3,(H,33,34)/t21-/m1/s1. The van der Waals surface area contributed by atoms with E-state index in [0.29, 0.717) is 0 Å². The van der Waals surface area contributed by atoms with Crippen molar-refractivity contribution in [3.8, 4) is 5.75 Å². The van der Waals surface area contributed by atoms with Crippen molar-refractivity contribution in [2.24, 2.45) is 0 Å². The Labute approximate surface area is 203 Å². The van der Waals surface area contributed by atoms with Crippen molar-refractivity contribution in [1.29, 1.82) is 0 Å². The number of carboxylic acid groups (broad SMARTS) is 1. The molecular formula is C27H28N2O6. The summed E-state index contributed by atoms with van der Waals surface area (Å²) in [5.74, 6) is -3.15. The Bertz CT molecular complexity index is 1230. The van der Waals surface area contributed by atoms with Crippen LogP contribution in [0.3, 0.4) is 0 Å². The molecule has 1 atom stereocenters. The third kappa shape index (κ3) is 4.83. The van der Waals surface area contributed by atoms with Crippen LogP contribution in [0.15, 0.2) is 71.7 Å². The maximum Gasteiger partial charge on any atom is 0.341 e. The van der Waals surface area contributed by atoms with Crippen molar-refractivity contribution in [2.75, 3.05) is 19.7 Å². The van der Waals surface area contributed by atoms with Crippen molar-refractivity contribution < 1.29 is 24.5 Å². The molecule has 1 aliphatic heterocycles. The summed E-state index contributed by atoms with van der Waals surface area (Å²) in [5, 5.41) is 20.3. The molecule has 1 amide bonds. The van der Waals surface area contributed by atoms with Crippen LogP contribution in [0.25, 0.3) is 0 Å². The van der Waals surface area contributed by atoms with Crippen LogP contribution in [0.2, 0.25) is 0 Å². The molecule has 0 bridgehead atoms. The number of carbonyl (C=O) groups is 2. The lowest BCUT2D eigenvalue weighted by atomic mass is 9.83. The molecule has 0 radical (unpaired) electrons. The van der Waals surface area contributed by atoms with Gasteiger partial charge in [-0.3, -0.25) is 9.59 Å². The average Bonchev–Trinajstić information content (AvgIpc) is 2.84. The van der Waals surface area contributed by atoms with Gasteiger partial charge in [0, 0.05) is 25.2 Å². The molecule has 2 N–H and O–H groups in total. The molecule has 2 aromatic carbocycles. The molecule has 0 saturated carbocycles. The maximum absolute atomic E-state index is 13.4. The second-order valence-corrected chi connectivity index (χ2v) is 8.82. The van der Waals surface area contributed by atoms with Gasteiger partial charge >= 0.3 is 5.97 Å². The molecule has 0 unspecified atom stereocenters. The molecule has 0 fully saturated rings. The van der Waals surface area contributed by atoms with Gasteiger partial charge in [-0.05, 0) is 25.0 Å². The number of hydrogen-bond donors (Lipinski definition) is 2. The van der Waals surface area contributed by atoms with Crippen LogP contribution in [0.5, 0.6) is 5.75 Å². The second-order valence-electron chi connectivity index (χ2n) is 8.82. The highest BCUT2D eigenvalue weighted by Crippen LogP contribution is 2.40. The summed E-state index contributed by atoms with van der Waals surface area (Å²) in [7, 11) is 0. The minimum absolute atomic E-state index is 0.0199. The van der Waals surface area contributed by atoms with E-state index in [-0.39, 0.29) is 37.4 Å². The van der Waals surface area contributed by atoms with Crippen molar-refractivity contribution in [3.63, 3.8) is 0 Å². The monoisotopic (exact) mass is 476 g/mol. The van der Waals surface area contributed by atoms with Crippen LogP contribution >= 0.6 is 0 Å². The summed E-state index contributed by atoms with van der Waals surface area (Å²) in [4.78, 5) is 39.4. The normalized spacial score (nSPS) is 15.5. The maximum atomic E-state index is 13.4. The van der Waals surface area contributed by atoms with Crippen LogP contribution in [0.1, 0.15) is 57.8 Å². The van der Waals surface area contributed by atoms with E-state index in [0.717, 1.165) is 11.1 Å². The summed E-state index contributed by atoms with van der Waals surface area (Å²) in [6.45, 7) is 4.59. The van der Waals surface area contributed by atoms with Gasteiger partial charge in [-0.1, -0.05) is 60.7 Å². The molecular weight excluding hydrogens is 448 g/mol. The van der Waals surface area contributed by atoms with Gasteiger partial charge in [0.05, 0.1) is 18.8 Å². The van der Waals surface area contributed by atoms with Gasteiger partial charge in [0.15, 0.2) is 11.4 Å². The smallest absolute Gasteiger partial charge is 0.341 e. The fourth-order valence-electron chi connectivity index (χ4n) is 4.61. The molecule has 8 nitrogen and oxygen atoms in total. The highest BCUT2D eigenvalue weighted by Gasteiger charge is 2.39. The number of hydrogen-bond acceptors (Lipinski definition) is 5. The largest absolute Gasteiger partial charge is 0.503 e. The van der Waals surface area contributed by atoms with Gasteiger partial charge in [-0.15, -0.1) is 0 Å². The number of carbonyl (C=O) groups excluding carboxylic acids is 1. The number of pyridine rings is 1. The van der Waals surface area contributed by atoms with Gasteiger partial charge in [0.2, 0.25) is 5.43 Å². The molecule has 0 aliphatic carbocycles. The Morgan fingerprint density at radius 1 is 1.03 bits per heavy atom. The van der Waals surface area contributed by atoms with Crippen LogP contribution in [0.4, 0.5) is 0 Å². The van der Waals surface area contributed by atoms with E-state index in [1.807, 2.05) is 74.5 Å². The van der Waals surface area contributed by atoms with E-state index in [1.165, 1.54) is 10.8 Å². The van der Waals surface area contributed by atoms with Crippen LogP contribution < -0.4 is 5.43 Å². The highest BCUT2D eigenvalue weighted by atomic mass is 16.5. The second kappa shape index (κ2) is 10.1. The minimum Gasteiger partial charge on any atom is -0.503 e. The summed E-state index contributed by atoms with van der Waals surface area (Å²) < 4.78 is 7.11. The number of benzene rings is 2. The summed E-state index contributed by atoms with van der Waals surface area (Å²) in [5.41, 5.74) is 0.0418. The molecule has 3 aromatic rings. The van der Waals surface area contributed by atoms with Gasteiger partial charge in [0.1, 0.15) is 5.56 Å². The van der Waals surface area contributed by atoms with Crippen molar-refractivity contribution >= 4 is 11.9 Å². The SMILES string of the molecule is CC(C)OCCN1C[C@H](C(c2ccccc2)c2ccccc2)n2cc(C(=O)O)c(=O)c(O)c2C1=O. The number of carboxylic acids is 1. The van der Waals surface area contributed by atoms with Crippen molar-refractivity contribution in [1.82, 2.24) is 9.47 Å². The molecule has 1 aromatic heterocycles.